The van der Waals surface area contributed by atoms with Crippen LogP contribution < -0.4 is 0 Å². The lowest BCUT2D eigenvalue weighted by molar-refractivity contribution is -0.151. The normalized spacial score (nSPS) is 20.3. The summed E-state index contributed by atoms with van der Waals surface area (Å²) in [6, 6.07) is 9.42. The molecular formula is C17H19N3O4. The number of methoxy groups -OCH3 is 1. The molecule has 1 aromatic heterocycles. The fourth-order valence-electron chi connectivity index (χ4n) is 3.16. The van der Waals surface area contributed by atoms with Crippen LogP contribution in [0.3, 0.4) is 0 Å². The number of likely N-dealkylation sites (tertiary alicyclic amines) is 1. The van der Waals surface area contributed by atoms with Crippen LogP contribution in [0.25, 0.3) is 5.69 Å². The molecule has 3 rings (SSSR count). The van der Waals surface area contributed by atoms with Crippen LogP contribution in [0.5, 0.6) is 0 Å². The molecule has 1 atom stereocenters. The summed E-state index contributed by atoms with van der Waals surface area (Å²) in [5.74, 6) is -1.38. The molecule has 0 saturated carbocycles. The van der Waals surface area contributed by atoms with Crippen molar-refractivity contribution in [3.63, 3.8) is 0 Å². The predicted molar refractivity (Wildman–Crippen MR) is 86.1 cm³/mol. The molecular weight excluding hydrogens is 310 g/mol. The van der Waals surface area contributed by atoms with Gasteiger partial charge in [0.05, 0.1) is 24.1 Å². The van der Waals surface area contributed by atoms with E-state index in [1.54, 1.807) is 10.9 Å². The van der Waals surface area contributed by atoms with Gasteiger partial charge in [-0.05, 0) is 25.0 Å². The standard InChI is InChI=1S/C17H19N3O4/c1-24-12-17(16(22)23)8-5-9-19(17)15(21)13-10-18-20(11-13)14-6-3-2-4-7-14/h2-4,6-7,10-11H,5,8-9,12H2,1H3,(H,22,23). The topological polar surface area (TPSA) is 84.7 Å². The molecule has 7 heteroatoms. The zero-order valence-corrected chi connectivity index (χ0v) is 13.4. The van der Waals surface area contributed by atoms with Crippen LogP contribution in [0.2, 0.25) is 0 Å². The molecule has 1 N–H and O–H groups in total. The third-order valence-electron chi connectivity index (χ3n) is 4.37. The number of carbonyl (C=O) groups excluding carboxylic acids is 1. The van der Waals surface area contributed by atoms with Gasteiger partial charge < -0.3 is 14.7 Å². The molecule has 1 aliphatic rings. The average molecular weight is 329 g/mol. The largest absolute Gasteiger partial charge is 0.479 e. The maximum Gasteiger partial charge on any atom is 0.332 e. The van der Waals surface area contributed by atoms with Crippen molar-refractivity contribution in [3.8, 4) is 5.69 Å². The second-order valence-corrected chi connectivity index (χ2v) is 5.84. The zero-order valence-electron chi connectivity index (χ0n) is 13.4. The minimum absolute atomic E-state index is 0.0269. The summed E-state index contributed by atoms with van der Waals surface area (Å²) in [6.07, 6.45) is 4.10. The Morgan fingerprint density at radius 3 is 2.75 bits per heavy atom. The van der Waals surface area contributed by atoms with Gasteiger partial charge in [0.15, 0.2) is 5.54 Å². The Bertz CT molecular complexity index is 743. The summed E-state index contributed by atoms with van der Waals surface area (Å²) < 4.78 is 6.68. The van der Waals surface area contributed by atoms with E-state index in [9.17, 15) is 14.7 Å². The number of amides is 1. The number of aromatic nitrogens is 2. The predicted octanol–water partition coefficient (Wildman–Crippen LogP) is 1.58. The number of hydrogen-bond acceptors (Lipinski definition) is 4. The molecule has 0 bridgehead atoms. The molecule has 2 aromatic rings. The molecule has 0 spiro atoms. The third-order valence-corrected chi connectivity index (χ3v) is 4.37. The molecule has 2 heterocycles. The van der Waals surface area contributed by atoms with Gasteiger partial charge in [-0.2, -0.15) is 5.10 Å². The van der Waals surface area contributed by atoms with E-state index in [-0.39, 0.29) is 12.5 Å². The van der Waals surface area contributed by atoms with Crippen LogP contribution in [0.4, 0.5) is 0 Å². The van der Waals surface area contributed by atoms with Crippen molar-refractivity contribution >= 4 is 11.9 Å². The van der Waals surface area contributed by atoms with Crippen molar-refractivity contribution in [1.29, 1.82) is 0 Å². The smallest absolute Gasteiger partial charge is 0.332 e. The van der Waals surface area contributed by atoms with E-state index in [2.05, 4.69) is 5.10 Å². The molecule has 0 radical (unpaired) electrons. The number of para-hydroxylation sites is 1. The fourth-order valence-corrected chi connectivity index (χ4v) is 3.16. The molecule has 1 amide bonds. The second kappa shape index (κ2) is 6.45. The van der Waals surface area contributed by atoms with Crippen molar-refractivity contribution in [2.75, 3.05) is 20.3 Å². The SMILES string of the molecule is COCC1(C(=O)O)CCCN1C(=O)c1cnn(-c2ccccc2)c1. The van der Waals surface area contributed by atoms with Crippen LogP contribution in [-0.4, -0.2) is 57.5 Å². The van der Waals surface area contributed by atoms with Gasteiger partial charge in [-0.1, -0.05) is 18.2 Å². The summed E-state index contributed by atoms with van der Waals surface area (Å²) in [4.78, 5) is 26.0. The zero-order chi connectivity index (χ0) is 17.2. The number of carboxylic acids is 1. The van der Waals surface area contributed by atoms with E-state index in [1.807, 2.05) is 30.3 Å². The number of ether oxygens (including phenoxy) is 1. The molecule has 1 unspecified atom stereocenters. The molecule has 1 saturated heterocycles. The first-order valence-electron chi connectivity index (χ1n) is 7.73. The van der Waals surface area contributed by atoms with E-state index in [0.717, 1.165) is 5.69 Å². The number of carbonyl (C=O) groups is 2. The lowest BCUT2D eigenvalue weighted by atomic mass is 9.97. The Labute approximate surface area is 139 Å². The number of nitrogens with zero attached hydrogens (tertiary/aromatic N) is 3. The quantitative estimate of drug-likeness (QED) is 0.900. The summed E-state index contributed by atoms with van der Waals surface area (Å²) in [6.45, 7) is 0.367. The van der Waals surface area contributed by atoms with Crippen LogP contribution in [0.15, 0.2) is 42.7 Å². The van der Waals surface area contributed by atoms with E-state index >= 15 is 0 Å². The fraction of sp³-hybridized carbons (Fsp3) is 0.353. The van der Waals surface area contributed by atoms with Gasteiger partial charge in [-0.25, -0.2) is 9.48 Å². The second-order valence-electron chi connectivity index (χ2n) is 5.84. The van der Waals surface area contributed by atoms with Gasteiger partial charge in [0.25, 0.3) is 5.91 Å². The Kier molecular flexibility index (Phi) is 4.35. The van der Waals surface area contributed by atoms with Crippen LogP contribution in [0, 0.1) is 0 Å². The molecule has 1 aliphatic heterocycles. The van der Waals surface area contributed by atoms with Crippen molar-refractivity contribution in [2.24, 2.45) is 0 Å². The van der Waals surface area contributed by atoms with E-state index in [1.165, 1.54) is 18.2 Å². The first-order chi connectivity index (χ1) is 11.6. The summed E-state index contributed by atoms with van der Waals surface area (Å²) in [7, 11) is 1.44. The molecule has 1 fully saturated rings. The van der Waals surface area contributed by atoms with E-state index in [4.69, 9.17) is 4.74 Å². The highest BCUT2D eigenvalue weighted by Crippen LogP contribution is 2.31. The molecule has 126 valence electrons. The van der Waals surface area contributed by atoms with Gasteiger partial charge in [-0.3, -0.25) is 4.79 Å². The highest BCUT2D eigenvalue weighted by atomic mass is 16.5. The number of benzene rings is 1. The van der Waals surface area contributed by atoms with Crippen LogP contribution in [0.1, 0.15) is 23.2 Å². The van der Waals surface area contributed by atoms with E-state index in [0.29, 0.717) is 24.9 Å². The van der Waals surface area contributed by atoms with Crippen molar-refractivity contribution in [3.05, 3.63) is 48.3 Å². The average Bonchev–Trinajstić information content (AvgIpc) is 3.23. The van der Waals surface area contributed by atoms with Gasteiger partial charge in [-0.15, -0.1) is 0 Å². The molecule has 7 nitrogen and oxygen atoms in total. The maximum absolute atomic E-state index is 12.8. The maximum atomic E-state index is 12.8. The summed E-state index contributed by atoms with van der Waals surface area (Å²) in [5, 5.41) is 13.9. The van der Waals surface area contributed by atoms with Crippen molar-refractivity contribution < 1.29 is 19.4 Å². The number of rotatable bonds is 5. The lowest BCUT2D eigenvalue weighted by Crippen LogP contribution is -2.56. The Balaban J connectivity index is 1.89. The number of carboxylic acid groups (broad SMARTS) is 1. The molecule has 0 aliphatic carbocycles. The monoisotopic (exact) mass is 329 g/mol. The van der Waals surface area contributed by atoms with Gasteiger partial charge >= 0.3 is 5.97 Å². The lowest BCUT2D eigenvalue weighted by Gasteiger charge is -2.33. The highest BCUT2D eigenvalue weighted by molar-refractivity contribution is 5.98. The summed E-state index contributed by atoms with van der Waals surface area (Å²) in [5.41, 5.74) is -0.109. The highest BCUT2D eigenvalue weighted by Gasteiger charge is 2.50. The van der Waals surface area contributed by atoms with Crippen LogP contribution >= 0.6 is 0 Å². The van der Waals surface area contributed by atoms with Crippen molar-refractivity contribution in [1.82, 2.24) is 14.7 Å². The molecule has 1 aromatic carbocycles. The first kappa shape index (κ1) is 16.2. The first-order valence-corrected chi connectivity index (χ1v) is 7.73. The third kappa shape index (κ3) is 2.67. The minimum Gasteiger partial charge on any atom is -0.479 e. The number of aliphatic carboxylic acids is 1. The Morgan fingerprint density at radius 2 is 2.08 bits per heavy atom. The van der Waals surface area contributed by atoms with Gasteiger partial charge in [0.1, 0.15) is 0 Å². The summed E-state index contributed by atoms with van der Waals surface area (Å²) >= 11 is 0. The minimum atomic E-state index is -1.30. The molecule has 24 heavy (non-hydrogen) atoms. The van der Waals surface area contributed by atoms with Gasteiger partial charge in [0, 0.05) is 19.9 Å². The Morgan fingerprint density at radius 1 is 1.33 bits per heavy atom. The van der Waals surface area contributed by atoms with Crippen LogP contribution in [-0.2, 0) is 9.53 Å². The van der Waals surface area contributed by atoms with E-state index < -0.39 is 11.5 Å². The van der Waals surface area contributed by atoms with Gasteiger partial charge in [0.2, 0.25) is 0 Å². The Hall–Kier alpha value is -2.67. The number of hydrogen-bond donors (Lipinski definition) is 1. The van der Waals surface area contributed by atoms with Crippen molar-refractivity contribution in [2.45, 2.75) is 18.4 Å².